The highest BCUT2D eigenvalue weighted by Gasteiger charge is 2.44. The lowest BCUT2D eigenvalue weighted by Crippen LogP contribution is -2.65. The van der Waals surface area contributed by atoms with Crippen LogP contribution in [0, 0.1) is 5.92 Å². The summed E-state index contributed by atoms with van der Waals surface area (Å²) in [6.45, 7) is 6.68. The van der Waals surface area contributed by atoms with E-state index >= 15 is 0 Å². The highest BCUT2D eigenvalue weighted by Crippen LogP contribution is 2.25. The predicted molar refractivity (Wildman–Crippen MR) is 57.8 cm³/mol. The van der Waals surface area contributed by atoms with Crippen molar-refractivity contribution in [1.29, 1.82) is 0 Å². The molecular formula is C11H18N2O3. The summed E-state index contributed by atoms with van der Waals surface area (Å²) in [7, 11) is 0. The zero-order valence-electron chi connectivity index (χ0n) is 9.95. The van der Waals surface area contributed by atoms with Gasteiger partial charge >= 0.3 is 6.09 Å². The highest BCUT2D eigenvalue weighted by atomic mass is 16.6. The van der Waals surface area contributed by atoms with E-state index in [9.17, 15) is 9.59 Å². The molecular weight excluding hydrogens is 208 g/mol. The standard InChI is InChI=1S/C11H18N2O3/c1-11(2,3)16-10(15)13-5-4-8-7(6-13)9(14)12-8/h7-8H,4-6H2,1-3H3,(H,12,14). The molecule has 2 fully saturated rings. The first-order valence-electron chi connectivity index (χ1n) is 5.65. The molecule has 0 saturated carbocycles. The lowest BCUT2D eigenvalue weighted by Gasteiger charge is -2.44. The van der Waals surface area contributed by atoms with Crippen molar-refractivity contribution in [2.45, 2.75) is 38.8 Å². The van der Waals surface area contributed by atoms with Gasteiger partial charge in [-0.2, -0.15) is 0 Å². The third kappa shape index (κ3) is 2.13. The fourth-order valence-corrected chi connectivity index (χ4v) is 2.08. The molecule has 0 aliphatic carbocycles. The van der Waals surface area contributed by atoms with Gasteiger partial charge < -0.3 is 15.0 Å². The average molecular weight is 226 g/mol. The van der Waals surface area contributed by atoms with E-state index in [1.54, 1.807) is 4.90 Å². The molecule has 0 aromatic heterocycles. The Balaban J connectivity index is 1.91. The van der Waals surface area contributed by atoms with Gasteiger partial charge in [-0.1, -0.05) is 0 Å². The molecule has 2 amide bonds. The van der Waals surface area contributed by atoms with Gasteiger partial charge in [-0.15, -0.1) is 0 Å². The Labute approximate surface area is 95.1 Å². The molecule has 0 bridgehead atoms. The Morgan fingerprint density at radius 2 is 2.19 bits per heavy atom. The van der Waals surface area contributed by atoms with Crippen LogP contribution in [0.25, 0.3) is 0 Å². The summed E-state index contributed by atoms with van der Waals surface area (Å²) in [4.78, 5) is 24.6. The minimum absolute atomic E-state index is 0.0266. The number of rotatable bonds is 0. The molecule has 2 aliphatic heterocycles. The molecule has 2 saturated heterocycles. The molecule has 0 aromatic carbocycles. The summed E-state index contributed by atoms with van der Waals surface area (Å²) in [5.41, 5.74) is -0.476. The summed E-state index contributed by atoms with van der Waals surface area (Å²) in [6, 6.07) is 0.270. The fraction of sp³-hybridized carbons (Fsp3) is 0.818. The van der Waals surface area contributed by atoms with Crippen LogP contribution in [0.5, 0.6) is 0 Å². The highest BCUT2D eigenvalue weighted by molar-refractivity contribution is 5.87. The number of likely N-dealkylation sites (tertiary alicyclic amines) is 1. The number of carbonyl (C=O) groups is 2. The predicted octanol–water partition coefficient (Wildman–Crippen LogP) is 0.742. The largest absolute Gasteiger partial charge is 0.444 e. The number of hydrogen-bond donors (Lipinski definition) is 1. The quantitative estimate of drug-likeness (QED) is 0.620. The molecule has 0 aromatic rings. The summed E-state index contributed by atoms with van der Waals surface area (Å²) in [6.07, 6.45) is 0.515. The van der Waals surface area contributed by atoms with E-state index in [0.29, 0.717) is 13.1 Å². The number of carbonyl (C=O) groups excluding carboxylic acids is 2. The fourth-order valence-electron chi connectivity index (χ4n) is 2.08. The van der Waals surface area contributed by atoms with Gasteiger partial charge in [0.05, 0.1) is 5.92 Å². The van der Waals surface area contributed by atoms with E-state index < -0.39 is 5.60 Å². The Kier molecular flexibility index (Phi) is 2.56. The molecule has 90 valence electrons. The monoisotopic (exact) mass is 226 g/mol. The van der Waals surface area contributed by atoms with Gasteiger partial charge in [0.15, 0.2) is 0 Å². The number of fused-ring (bicyclic) bond motifs is 1. The van der Waals surface area contributed by atoms with Gasteiger partial charge in [-0.25, -0.2) is 4.79 Å². The van der Waals surface area contributed by atoms with Gasteiger partial charge in [-0.3, -0.25) is 4.79 Å². The SMILES string of the molecule is CC(C)(C)OC(=O)N1CCC2NC(=O)C2C1. The minimum Gasteiger partial charge on any atom is -0.444 e. The maximum atomic E-state index is 11.8. The van der Waals surface area contributed by atoms with E-state index in [-0.39, 0.29) is 24.0 Å². The van der Waals surface area contributed by atoms with Crippen LogP contribution in [0.15, 0.2) is 0 Å². The maximum absolute atomic E-state index is 11.8. The first kappa shape index (κ1) is 11.2. The molecule has 2 heterocycles. The lowest BCUT2D eigenvalue weighted by atomic mass is 9.84. The topological polar surface area (TPSA) is 58.6 Å². The Hall–Kier alpha value is -1.26. The Morgan fingerprint density at radius 1 is 1.50 bits per heavy atom. The third-order valence-electron chi connectivity index (χ3n) is 2.93. The Morgan fingerprint density at radius 3 is 2.75 bits per heavy atom. The number of hydrogen-bond acceptors (Lipinski definition) is 3. The molecule has 2 aliphatic rings. The van der Waals surface area contributed by atoms with Gasteiger partial charge in [0, 0.05) is 19.1 Å². The van der Waals surface area contributed by atoms with E-state index in [1.165, 1.54) is 0 Å². The summed E-state index contributed by atoms with van der Waals surface area (Å²) in [5, 5.41) is 2.83. The molecule has 5 nitrogen and oxygen atoms in total. The first-order valence-corrected chi connectivity index (χ1v) is 5.65. The van der Waals surface area contributed by atoms with E-state index in [4.69, 9.17) is 4.74 Å². The van der Waals surface area contributed by atoms with Gasteiger partial charge in [0.25, 0.3) is 0 Å². The second-order valence-electron chi connectivity index (χ2n) is 5.44. The lowest BCUT2D eigenvalue weighted by molar-refractivity contribution is -0.138. The van der Waals surface area contributed by atoms with Crippen molar-refractivity contribution in [2.24, 2.45) is 5.92 Å². The zero-order valence-corrected chi connectivity index (χ0v) is 9.95. The van der Waals surface area contributed by atoms with Crippen LogP contribution < -0.4 is 5.32 Å². The van der Waals surface area contributed by atoms with E-state index in [0.717, 1.165) is 6.42 Å². The van der Waals surface area contributed by atoms with E-state index in [1.807, 2.05) is 20.8 Å². The van der Waals surface area contributed by atoms with Crippen molar-refractivity contribution < 1.29 is 14.3 Å². The molecule has 2 rings (SSSR count). The van der Waals surface area contributed by atoms with Crippen LogP contribution in [-0.2, 0) is 9.53 Å². The second-order valence-corrected chi connectivity index (χ2v) is 5.44. The molecule has 1 N–H and O–H groups in total. The number of piperidine rings is 1. The zero-order chi connectivity index (χ0) is 11.9. The summed E-state index contributed by atoms with van der Waals surface area (Å²) >= 11 is 0. The first-order chi connectivity index (χ1) is 7.37. The van der Waals surface area contributed by atoms with Gasteiger partial charge in [0.1, 0.15) is 5.60 Å². The minimum atomic E-state index is -0.476. The van der Waals surface area contributed by atoms with Crippen LogP contribution in [-0.4, -0.2) is 41.6 Å². The Bertz CT molecular complexity index is 322. The average Bonchev–Trinajstić information content (AvgIpc) is 2.13. The number of amides is 2. The van der Waals surface area contributed by atoms with Crippen LogP contribution in [0.1, 0.15) is 27.2 Å². The van der Waals surface area contributed by atoms with Gasteiger partial charge in [-0.05, 0) is 27.2 Å². The third-order valence-corrected chi connectivity index (χ3v) is 2.93. The molecule has 2 atom stereocenters. The van der Waals surface area contributed by atoms with Crippen LogP contribution in [0.2, 0.25) is 0 Å². The van der Waals surface area contributed by atoms with Crippen LogP contribution in [0.4, 0.5) is 4.79 Å². The van der Waals surface area contributed by atoms with Crippen molar-refractivity contribution >= 4 is 12.0 Å². The number of nitrogens with one attached hydrogen (secondary N) is 1. The van der Waals surface area contributed by atoms with Crippen LogP contribution in [0.3, 0.4) is 0 Å². The summed E-state index contributed by atoms with van der Waals surface area (Å²) < 4.78 is 5.28. The number of β-lactam (4-membered cyclic amide) rings is 1. The molecule has 0 spiro atoms. The van der Waals surface area contributed by atoms with Crippen molar-refractivity contribution in [3.8, 4) is 0 Å². The van der Waals surface area contributed by atoms with Crippen molar-refractivity contribution in [2.75, 3.05) is 13.1 Å². The van der Waals surface area contributed by atoms with Crippen molar-refractivity contribution in [3.05, 3.63) is 0 Å². The second kappa shape index (κ2) is 3.64. The molecule has 5 heteroatoms. The van der Waals surface area contributed by atoms with Gasteiger partial charge in [0.2, 0.25) is 5.91 Å². The number of ether oxygens (including phenoxy) is 1. The smallest absolute Gasteiger partial charge is 0.410 e. The molecule has 16 heavy (non-hydrogen) atoms. The molecule has 0 radical (unpaired) electrons. The normalized spacial score (nSPS) is 28.9. The van der Waals surface area contributed by atoms with Crippen LogP contribution >= 0.6 is 0 Å². The van der Waals surface area contributed by atoms with E-state index in [2.05, 4.69) is 5.32 Å². The van der Waals surface area contributed by atoms with Crippen molar-refractivity contribution in [1.82, 2.24) is 10.2 Å². The van der Waals surface area contributed by atoms with Crippen molar-refractivity contribution in [3.63, 3.8) is 0 Å². The number of nitrogens with zero attached hydrogens (tertiary/aromatic N) is 1. The molecule has 2 unspecified atom stereocenters. The maximum Gasteiger partial charge on any atom is 0.410 e. The summed E-state index contributed by atoms with van der Waals surface area (Å²) in [5.74, 6) is 0.0273.